The van der Waals surface area contributed by atoms with E-state index in [0.29, 0.717) is 0 Å². The minimum atomic E-state index is 1.03. The van der Waals surface area contributed by atoms with E-state index in [2.05, 4.69) is 76.0 Å². The quantitative estimate of drug-likeness (QED) is 0.536. The molecule has 0 radical (unpaired) electrons. The van der Waals surface area contributed by atoms with Gasteiger partial charge in [-0.1, -0.05) is 92.3 Å². The molecule has 0 saturated carbocycles. The fraction of sp³-hybridized carbons (Fsp3) is 0.481. The average molecular weight is 382 g/mol. The lowest BCUT2D eigenvalue weighted by atomic mass is 10.1. The van der Waals surface area contributed by atoms with Gasteiger partial charge >= 0.3 is 0 Å². The van der Waals surface area contributed by atoms with Crippen LogP contribution < -0.4 is 15.8 Å². The van der Waals surface area contributed by atoms with Crippen LogP contribution in [0.25, 0.3) is 35.9 Å². The first-order chi connectivity index (χ1) is 13.7. The van der Waals surface area contributed by atoms with Gasteiger partial charge in [0.2, 0.25) is 0 Å². The van der Waals surface area contributed by atoms with Crippen LogP contribution in [-0.2, 0) is 6.42 Å². The van der Waals surface area contributed by atoms with Crippen LogP contribution in [0.4, 0.5) is 0 Å². The summed E-state index contributed by atoms with van der Waals surface area (Å²) in [6.07, 6.45) is 17.7. The van der Waals surface area contributed by atoms with Crippen molar-refractivity contribution in [2.75, 3.05) is 0 Å². The molecule has 28 heavy (non-hydrogen) atoms. The molecule has 0 aromatic carbocycles. The van der Waals surface area contributed by atoms with Gasteiger partial charge in [0.05, 0.1) is 5.52 Å². The van der Waals surface area contributed by atoms with E-state index < -0.39 is 0 Å². The van der Waals surface area contributed by atoms with Crippen LogP contribution in [-0.4, -0.2) is 4.40 Å². The van der Waals surface area contributed by atoms with Gasteiger partial charge in [-0.05, 0) is 44.2 Å². The van der Waals surface area contributed by atoms with Gasteiger partial charge < -0.3 is 4.40 Å². The molecule has 2 aromatic rings. The number of nitrogens with zero attached hydrogens (tertiary/aromatic N) is 1. The molecule has 0 aliphatic carbocycles. The third-order valence-corrected chi connectivity index (χ3v) is 4.58. The predicted molar refractivity (Wildman–Crippen MR) is 133 cm³/mol. The molecular formula is C27H43N. The standard InChI is InChI=1S/C23H31N.2C2H6/c1-7-13-16-22-17(10-4)20(15-9-3)23-18(11-5)19(14-8-2)21(12-6)24(22)23;2*1-2/h11-16H,5,7-10H2,1-4,6H3;2*1-2H3/b16-13-,19-14-,20-15-,21-12+;;. The minimum absolute atomic E-state index is 1.03. The molecule has 1 nitrogen and oxygen atoms in total. The van der Waals surface area contributed by atoms with Crippen molar-refractivity contribution in [3.63, 3.8) is 0 Å². The fourth-order valence-electron chi connectivity index (χ4n) is 3.67. The Morgan fingerprint density at radius 2 is 1.43 bits per heavy atom. The molecule has 0 saturated heterocycles. The minimum Gasteiger partial charge on any atom is -0.309 e. The summed E-state index contributed by atoms with van der Waals surface area (Å²) >= 11 is 0. The summed E-state index contributed by atoms with van der Waals surface area (Å²) in [6.45, 7) is 23.1. The smallest absolute Gasteiger partial charge is 0.0613 e. The normalized spacial score (nSPS) is 13.0. The van der Waals surface area contributed by atoms with Crippen molar-refractivity contribution >= 4 is 35.9 Å². The van der Waals surface area contributed by atoms with Gasteiger partial charge in [0.1, 0.15) is 0 Å². The zero-order valence-electron chi connectivity index (χ0n) is 19.9. The van der Waals surface area contributed by atoms with Crippen LogP contribution in [0.5, 0.6) is 0 Å². The predicted octanol–water partition coefficient (Wildman–Crippen LogP) is 6.52. The topological polar surface area (TPSA) is 4.41 Å². The van der Waals surface area contributed by atoms with E-state index in [1.54, 1.807) is 0 Å². The van der Waals surface area contributed by atoms with Gasteiger partial charge in [-0.2, -0.15) is 0 Å². The van der Waals surface area contributed by atoms with E-state index in [1.165, 1.54) is 38.1 Å². The molecule has 0 amide bonds. The first kappa shape index (κ1) is 26.0. The van der Waals surface area contributed by atoms with E-state index >= 15 is 0 Å². The SMILES string of the molecule is C=Cc1c(=C/CC)/c(=C\C)n2c(/C=C\CC)c(CC)/c(=C/CC)c12.CC.CC. The lowest BCUT2D eigenvalue weighted by Gasteiger charge is -1.99. The van der Waals surface area contributed by atoms with Crippen molar-refractivity contribution in [3.8, 4) is 0 Å². The Balaban J connectivity index is 0.00000171. The summed E-state index contributed by atoms with van der Waals surface area (Å²) in [6, 6.07) is 0. The first-order valence-electron chi connectivity index (χ1n) is 11.3. The largest absolute Gasteiger partial charge is 0.309 e. The van der Waals surface area contributed by atoms with Crippen molar-refractivity contribution < 1.29 is 0 Å². The number of hydrogen-bond acceptors (Lipinski definition) is 0. The number of aromatic nitrogens is 1. The summed E-state index contributed by atoms with van der Waals surface area (Å²) in [5, 5.41) is 4.01. The van der Waals surface area contributed by atoms with Gasteiger partial charge in [-0.25, -0.2) is 0 Å². The van der Waals surface area contributed by atoms with E-state index in [-0.39, 0.29) is 0 Å². The Kier molecular flexibility index (Phi) is 13.0. The number of rotatable bonds is 6. The molecule has 2 heterocycles. The lowest BCUT2D eigenvalue weighted by Crippen LogP contribution is -2.27. The molecule has 0 bridgehead atoms. The highest BCUT2D eigenvalue weighted by Crippen LogP contribution is 2.16. The maximum absolute atomic E-state index is 4.12. The monoisotopic (exact) mass is 381 g/mol. The molecule has 156 valence electrons. The van der Waals surface area contributed by atoms with Gasteiger partial charge in [0.15, 0.2) is 0 Å². The molecule has 0 N–H and O–H groups in total. The second-order valence-electron chi connectivity index (χ2n) is 6.06. The lowest BCUT2D eigenvalue weighted by molar-refractivity contribution is 1.07. The van der Waals surface area contributed by atoms with Gasteiger partial charge in [-0.15, -0.1) is 0 Å². The molecule has 1 heteroatoms. The van der Waals surface area contributed by atoms with Crippen LogP contribution in [0.3, 0.4) is 0 Å². The van der Waals surface area contributed by atoms with E-state index in [1.807, 2.05) is 33.8 Å². The Hall–Kier alpha value is -2.02. The summed E-state index contributed by atoms with van der Waals surface area (Å²) in [4.78, 5) is 0. The highest BCUT2D eigenvalue weighted by atomic mass is 14.9. The summed E-state index contributed by atoms with van der Waals surface area (Å²) < 4.78 is 2.45. The molecular weight excluding hydrogens is 338 g/mol. The summed E-state index contributed by atoms with van der Waals surface area (Å²) in [5.74, 6) is 0. The van der Waals surface area contributed by atoms with Crippen LogP contribution in [0.15, 0.2) is 12.7 Å². The third kappa shape index (κ3) is 5.07. The highest BCUT2D eigenvalue weighted by Gasteiger charge is 2.16. The van der Waals surface area contributed by atoms with Crippen molar-refractivity contribution in [3.05, 3.63) is 45.3 Å². The molecule has 0 unspecified atom stereocenters. The molecule has 0 fully saturated rings. The molecule has 0 aliphatic rings. The van der Waals surface area contributed by atoms with Crippen molar-refractivity contribution in [2.24, 2.45) is 0 Å². The van der Waals surface area contributed by atoms with Gasteiger partial charge in [0, 0.05) is 27.0 Å². The second kappa shape index (κ2) is 14.0. The molecule has 2 rings (SSSR count). The van der Waals surface area contributed by atoms with Crippen LogP contribution >= 0.6 is 0 Å². The van der Waals surface area contributed by atoms with E-state index in [9.17, 15) is 0 Å². The van der Waals surface area contributed by atoms with Crippen molar-refractivity contribution in [1.29, 1.82) is 0 Å². The molecule has 0 aliphatic heterocycles. The van der Waals surface area contributed by atoms with Gasteiger partial charge in [-0.3, -0.25) is 0 Å². The van der Waals surface area contributed by atoms with Gasteiger partial charge in [0.25, 0.3) is 0 Å². The van der Waals surface area contributed by atoms with Crippen LogP contribution in [0.2, 0.25) is 0 Å². The fourth-order valence-corrected chi connectivity index (χ4v) is 3.67. The van der Waals surface area contributed by atoms with Crippen LogP contribution in [0, 0.1) is 0 Å². The average Bonchev–Trinajstić information content (AvgIpc) is 3.21. The zero-order valence-corrected chi connectivity index (χ0v) is 19.9. The molecule has 0 spiro atoms. The van der Waals surface area contributed by atoms with Crippen molar-refractivity contribution in [1.82, 2.24) is 4.40 Å². The Labute approximate surface area is 173 Å². The third-order valence-electron chi connectivity index (χ3n) is 4.58. The first-order valence-corrected chi connectivity index (χ1v) is 11.3. The van der Waals surface area contributed by atoms with E-state index in [0.717, 1.165) is 25.7 Å². The van der Waals surface area contributed by atoms with Crippen LogP contribution in [0.1, 0.15) is 98.4 Å². The number of fused-ring (bicyclic) bond motifs is 1. The maximum atomic E-state index is 4.12. The summed E-state index contributed by atoms with van der Waals surface area (Å²) in [7, 11) is 0. The van der Waals surface area contributed by atoms with Crippen molar-refractivity contribution in [2.45, 2.75) is 88.0 Å². The van der Waals surface area contributed by atoms with E-state index in [4.69, 9.17) is 0 Å². The summed E-state index contributed by atoms with van der Waals surface area (Å²) in [5.41, 5.74) is 5.38. The highest BCUT2D eigenvalue weighted by molar-refractivity contribution is 5.78. The number of allylic oxidation sites excluding steroid dienone is 1. The Morgan fingerprint density at radius 1 is 0.857 bits per heavy atom. The molecule has 0 atom stereocenters. The second-order valence-corrected chi connectivity index (χ2v) is 6.06. The Morgan fingerprint density at radius 3 is 1.86 bits per heavy atom. The Bertz CT molecular complexity index is 920. The number of hydrogen-bond donors (Lipinski definition) is 0. The molecule has 2 aromatic heterocycles. The maximum Gasteiger partial charge on any atom is 0.0613 e. The zero-order chi connectivity index (χ0) is 21.7.